The van der Waals surface area contributed by atoms with E-state index in [1.807, 2.05) is 19.1 Å². The number of likely N-dealkylation sites (tertiary alicyclic amines) is 1. The van der Waals surface area contributed by atoms with Gasteiger partial charge < -0.3 is 9.84 Å². The van der Waals surface area contributed by atoms with Crippen LogP contribution in [0.1, 0.15) is 22.7 Å². The van der Waals surface area contributed by atoms with E-state index in [4.69, 9.17) is 4.74 Å². The molecule has 24 heavy (non-hydrogen) atoms. The molecule has 4 atom stereocenters. The SMILES string of the molecule is CCN1C(=O)[C@H]2[C@@H](C1=O)[C@@](CO)(C(=O)OC)N[C@H]2c1ccc(C)s1. The molecular weight excluding hydrogens is 332 g/mol. The topological polar surface area (TPSA) is 95.9 Å². The Bertz CT molecular complexity index is 702. The predicted octanol–water partition coefficient (Wildman–Crippen LogP) is 0.226. The van der Waals surface area contributed by atoms with E-state index < -0.39 is 41.9 Å². The van der Waals surface area contributed by atoms with Gasteiger partial charge in [0.1, 0.15) is 0 Å². The van der Waals surface area contributed by atoms with E-state index in [0.717, 1.165) is 14.7 Å². The van der Waals surface area contributed by atoms with Crippen LogP contribution in [0, 0.1) is 18.8 Å². The van der Waals surface area contributed by atoms with Gasteiger partial charge in [-0.15, -0.1) is 11.3 Å². The van der Waals surface area contributed by atoms with Gasteiger partial charge in [0.2, 0.25) is 11.8 Å². The summed E-state index contributed by atoms with van der Waals surface area (Å²) in [6.07, 6.45) is 0. The quantitative estimate of drug-likeness (QED) is 0.595. The molecule has 2 saturated heterocycles. The summed E-state index contributed by atoms with van der Waals surface area (Å²) in [5.41, 5.74) is -1.60. The molecule has 3 heterocycles. The number of amides is 2. The van der Waals surface area contributed by atoms with E-state index in [2.05, 4.69) is 5.32 Å². The minimum atomic E-state index is -1.60. The van der Waals surface area contributed by atoms with Crippen LogP contribution in [0.3, 0.4) is 0 Å². The van der Waals surface area contributed by atoms with Gasteiger partial charge in [-0.1, -0.05) is 0 Å². The Morgan fingerprint density at radius 2 is 2.12 bits per heavy atom. The van der Waals surface area contributed by atoms with Gasteiger partial charge in [-0.05, 0) is 26.0 Å². The first kappa shape index (κ1) is 17.1. The number of fused-ring (bicyclic) bond motifs is 1. The van der Waals surface area contributed by atoms with Crippen LogP contribution < -0.4 is 5.32 Å². The lowest BCUT2D eigenvalue weighted by Crippen LogP contribution is -2.58. The Morgan fingerprint density at radius 3 is 2.62 bits per heavy atom. The van der Waals surface area contributed by atoms with Gasteiger partial charge in [0.15, 0.2) is 5.54 Å². The number of hydrogen-bond acceptors (Lipinski definition) is 7. The Labute approximate surface area is 143 Å². The van der Waals surface area contributed by atoms with Crippen molar-refractivity contribution in [3.8, 4) is 0 Å². The fourth-order valence-electron chi connectivity index (χ4n) is 3.82. The largest absolute Gasteiger partial charge is 0.468 e. The Balaban J connectivity index is 2.13. The minimum Gasteiger partial charge on any atom is -0.468 e. The molecule has 1 aromatic rings. The summed E-state index contributed by atoms with van der Waals surface area (Å²) in [6.45, 7) is 3.29. The summed E-state index contributed by atoms with van der Waals surface area (Å²) < 4.78 is 4.84. The van der Waals surface area contributed by atoms with Gasteiger partial charge in [0, 0.05) is 16.3 Å². The number of nitrogens with one attached hydrogen (secondary N) is 1. The summed E-state index contributed by atoms with van der Waals surface area (Å²) >= 11 is 1.50. The second-order valence-electron chi connectivity index (χ2n) is 6.12. The molecule has 2 N–H and O–H groups in total. The number of hydrogen-bond donors (Lipinski definition) is 2. The number of aliphatic hydroxyl groups excluding tert-OH is 1. The maximum Gasteiger partial charge on any atom is 0.329 e. The van der Waals surface area contributed by atoms with Crippen LogP contribution in [0.2, 0.25) is 0 Å². The maximum atomic E-state index is 12.8. The number of imide groups is 1. The van der Waals surface area contributed by atoms with Gasteiger partial charge in [-0.2, -0.15) is 0 Å². The van der Waals surface area contributed by atoms with Crippen LogP contribution >= 0.6 is 11.3 Å². The highest BCUT2D eigenvalue weighted by molar-refractivity contribution is 7.12. The van der Waals surface area contributed by atoms with Gasteiger partial charge in [0.25, 0.3) is 0 Å². The van der Waals surface area contributed by atoms with Crippen molar-refractivity contribution in [2.24, 2.45) is 11.8 Å². The fourth-order valence-corrected chi connectivity index (χ4v) is 4.80. The highest BCUT2D eigenvalue weighted by Crippen LogP contribution is 2.49. The molecule has 0 spiro atoms. The molecule has 7 nitrogen and oxygen atoms in total. The average molecular weight is 352 g/mol. The Hall–Kier alpha value is -1.77. The Morgan fingerprint density at radius 1 is 1.42 bits per heavy atom. The summed E-state index contributed by atoms with van der Waals surface area (Å²) in [5, 5.41) is 13.0. The standard InChI is InChI=1S/C16H20N2O5S/c1-4-18-13(20)10-11(14(18)21)16(7-19,15(22)23-3)17-12(10)9-6-5-8(2)24-9/h5-6,10-12,17,19H,4,7H2,1-3H3/t10-,11-,12-,16-/m0/s1. The molecular formula is C16H20N2O5S. The molecule has 3 rings (SSSR count). The second kappa shape index (κ2) is 5.94. The molecule has 0 bridgehead atoms. The van der Waals surface area contributed by atoms with Crippen molar-refractivity contribution >= 4 is 29.1 Å². The van der Waals surface area contributed by atoms with E-state index in [1.165, 1.54) is 18.4 Å². The van der Waals surface area contributed by atoms with E-state index in [0.29, 0.717) is 0 Å². The molecule has 2 fully saturated rings. The smallest absolute Gasteiger partial charge is 0.329 e. The third-order valence-corrected chi connectivity index (χ3v) is 6.01. The molecule has 8 heteroatoms. The van der Waals surface area contributed by atoms with Crippen molar-refractivity contribution in [2.45, 2.75) is 25.4 Å². The zero-order valence-corrected chi connectivity index (χ0v) is 14.6. The lowest BCUT2D eigenvalue weighted by atomic mass is 9.80. The maximum absolute atomic E-state index is 12.8. The van der Waals surface area contributed by atoms with Crippen LogP contribution in [0.4, 0.5) is 0 Å². The summed E-state index contributed by atoms with van der Waals surface area (Å²) in [6, 6.07) is 3.30. The molecule has 0 unspecified atom stereocenters. The van der Waals surface area contributed by atoms with Crippen LogP contribution in [-0.4, -0.2) is 53.6 Å². The number of carbonyl (C=O) groups is 3. The predicted molar refractivity (Wildman–Crippen MR) is 86.1 cm³/mol. The lowest BCUT2D eigenvalue weighted by molar-refractivity contribution is -0.156. The minimum absolute atomic E-state index is 0.240. The second-order valence-corrected chi connectivity index (χ2v) is 7.44. The third kappa shape index (κ3) is 2.13. The molecule has 0 aromatic carbocycles. The van der Waals surface area contributed by atoms with Gasteiger partial charge >= 0.3 is 5.97 Å². The number of rotatable bonds is 4. The van der Waals surface area contributed by atoms with Crippen LogP contribution in [-0.2, 0) is 19.1 Å². The molecule has 1 aromatic heterocycles. The van der Waals surface area contributed by atoms with Crippen molar-refractivity contribution in [3.63, 3.8) is 0 Å². The van der Waals surface area contributed by atoms with Crippen LogP contribution in [0.25, 0.3) is 0 Å². The first-order valence-corrected chi connectivity index (χ1v) is 8.61. The first-order valence-electron chi connectivity index (χ1n) is 7.79. The monoisotopic (exact) mass is 352 g/mol. The number of nitrogens with zero attached hydrogens (tertiary/aromatic N) is 1. The van der Waals surface area contributed by atoms with E-state index in [1.54, 1.807) is 6.92 Å². The van der Waals surface area contributed by atoms with Crippen LogP contribution in [0.15, 0.2) is 12.1 Å². The zero-order valence-electron chi connectivity index (χ0n) is 13.7. The van der Waals surface area contributed by atoms with Crippen molar-refractivity contribution in [2.75, 3.05) is 20.3 Å². The third-order valence-electron chi connectivity index (χ3n) is 4.93. The van der Waals surface area contributed by atoms with E-state index >= 15 is 0 Å². The first-order chi connectivity index (χ1) is 11.4. The zero-order chi connectivity index (χ0) is 17.6. The fraction of sp³-hybridized carbons (Fsp3) is 0.562. The number of aryl methyl sites for hydroxylation is 1. The molecule has 0 saturated carbocycles. The number of esters is 1. The molecule has 2 amide bonds. The molecule has 0 radical (unpaired) electrons. The highest BCUT2D eigenvalue weighted by atomic mass is 32.1. The summed E-state index contributed by atoms with van der Waals surface area (Å²) in [7, 11) is 1.21. The number of methoxy groups -OCH3 is 1. The van der Waals surface area contributed by atoms with E-state index in [9.17, 15) is 19.5 Å². The lowest BCUT2D eigenvalue weighted by Gasteiger charge is -2.30. The number of carbonyl (C=O) groups excluding carboxylic acids is 3. The number of ether oxygens (including phenoxy) is 1. The van der Waals surface area contributed by atoms with Crippen molar-refractivity contribution in [1.82, 2.24) is 10.2 Å². The highest BCUT2D eigenvalue weighted by Gasteiger charge is 2.68. The Kier molecular flexibility index (Phi) is 4.23. The normalized spacial score (nSPS) is 32.3. The average Bonchev–Trinajstić information content (AvgIpc) is 3.22. The van der Waals surface area contributed by atoms with Gasteiger partial charge in [-0.3, -0.25) is 19.8 Å². The molecule has 2 aliphatic heterocycles. The number of thiophene rings is 1. The molecule has 130 valence electrons. The summed E-state index contributed by atoms with van der Waals surface area (Å²) in [5.74, 6) is -3.16. The molecule has 2 aliphatic rings. The summed E-state index contributed by atoms with van der Waals surface area (Å²) in [4.78, 5) is 41.0. The molecule has 0 aliphatic carbocycles. The van der Waals surface area contributed by atoms with Gasteiger partial charge in [0.05, 0.1) is 31.6 Å². The van der Waals surface area contributed by atoms with Crippen molar-refractivity contribution in [3.05, 3.63) is 21.9 Å². The van der Waals surface area contributed by atoms with Crippen LogP contribution in [0.5, 0.6) is 0 Å². The van der Waals surface area contributed by atoms with Crippen molar-refractivity contribution in [1.29, 1.82) is 0 Å². The van der Waals surface area contributed by atoms with E-state index in [-0.39, 0.29) is 12.5 Å². The van der Waals surface area contributed by atoms with Gasteiger partial charge in [-0.25, -0.2) is 4.79 Å². The number of aliphatic hydroxyl groups is 1. The van der Waals surface area contributed by atoms with Crippen molar-refractivity contribution < 1.29 is 24.2 Å².